The topological polar surface area (TPSA) is 29.5 Å². The van der Waals surface area contributed by atoms with Gasteiger partial charge in [-0.15, -0.1) is 0 Å². The van der Waals surface area contributed by atoms with Crippen LogP contribution in [0.2, 0.25) is 0 Å². The van der Waals surface area contributed by atoms with Crippen LogP contribution >= 0.6 is 0 Å². The highest BCUT2D eigenvalue weighted by molar-refractivity contribution is 4.84. The summed E-state index contributed by atoms with van der Waals surface area (Å²) in [7, 11) is 0. The molecule has 0 unspecified atom stereocenters. The van der Waals surface area contributed by atoms with Crippen LogP contribution in [-0.4, -0.2) is 23.9 Å². The molecule has 2 heteroatoms. The minimum absolute atomic E-state index is 0.172. The van der Waals surface area contributed by atoms with E-state index in [0.29, 0.717) is 5.92 Å². The number of aliphatic hydroxyl groups is 1. The van der Waals surface area contributed by atoms with E-state index in [0.717, 1.165) is 13.0 Å². The average molecular weight is 156 g/mol. The minimum atomic E-state index is -0.172. The largest absolute Gasteiger partial charge is 0.390 e. The predicted octanol–water partition coefficient (Wildman–Crippen LogP) is 1.33. The summed E-state index contributed by atoms with van der Waals surface area (Å²) in [6.07, 6.45) is 5.86. The maximum absolute atomic E-state index is 9.58. The first-order valence-electron chi connectivity index (χ1n) is 4.67. The fourth-order valence-corrected chi connectivity index (χ4v) is 2.35. The number of fused-ring (bicyclic) bond motifs is 1. The molecule has 0 radical (unpaired) electrons. The second-order valence-electron chi connectivity index (χ2n) is 3.74. The van der Waals surface area contributed by atoms with Crippen LogP contribution in [0.1, 0.15) is 32.1 Å². The number of ether oxygens (including phenoxy) is 1. The molecule has 2 fully saturated rings. The third-order valence-corrected chi connectivity index (χ3v) is 2.95. The minimum Gasteiger partial charge on any atom is -0.390 e. The van der Waals surface area contributed by atoms with Gasteiger partial charge in [0.2, 0.25) is 0 Å². The molecule has 1 heterocycles. The lowest BCUT2D eigenvalue weighted by atomic mass is 9.80. The second-order valence-corrected chi connectivity index (χ2v) is 3.74. The summed E-state index contributed by atoms with van der Waals surface area (Å²) in [5, 5.41) is 9.58. The Morgan fingerprint density at radius 3 is 2.73 bits per heavy atom. The second kappa shape index (κ2) is 3.11. The molecule has 64 valence electrons. The maximum atomic E-state index is 9.58. The molecular weight excluding hydrogens is 140 g/mol. The van der Waals surface area contributed by atoms with E-state index in [1.807, 2.05) is 0 Å². The average Bonchev–Trinajstić information content (AvgIpc) is 2.06. The highest BCUT2D eigenvalue weighted by atomic mass is 16.5. The van der Waals surface area contributed by atoms with Crippen molar-refractivity contribution < 1.29 is 9.84 Å². The van der Waals surface area contributed by atoms with E-state index in [2.05, 4.69) is 0 Å². The summed E-state index contributed by atoms with van der Waals surface area (Å²) in [5.41, 5.74) is 0. The molecule has 2 nitrogen and oxygen atoms in total. The van der Waals surface area contributed by atoms with Gasteiger partial charge in [-0.3, -0.25) is 0 Å². The van der Waals surface area contributed by atoms with E-state index < -0.39 is 0 Å². The third kappa shape index (κ3) is 1.42. The van der Waals surface area contributed by atoms with Crippen molar-refractivity contribution in [3.8, 4) is 0 Å². The highest BCUT2D eigenvalue weighted by Crippen LogP contribution is 2.33. The molecule has 0 aromatic rings. The lowest BCUT2D eigenvalue weighted by Crippen LogP contribution is -2.42. The molecule has 1 saturated heterocycles. The van der Waals surface area contributed by atoms with Gasteiger partial charge in [0.25, 0.3) is 0 Å². The first-order valence-corrected chi connectivity index (χ1v) is 4.67. The summed E-state index contributed by atoms with van der Waals surface area (Å²) in [5.74, 6) is 0.660. The Morgan fingerprint density at radius 2 is 1.91 bits per heavy atom. The van der Waals surface area contributed by atoms with Crippen molar-refractivity contribution in [2.24, 2.45) is 5.92 Å². The van der Waals surface area contributed by atoms with Crippen molar-refractivity contribution in [2.75, 3.05) is 6.61 Å². The SMILES string of the molecule is O[C@@H]1CCC[C@H]2CCCO[C@H]21. The third-order valence-electron chi connectivity index (χ3n) is 2.95. The molecule has 1 N–H and O–H groups in total. The number of rotatable bonds is 0. The number of hydrogen-bond donors (Lipinski definition) is 1. The summed E-state index contributed by atoms with van der Waals surface area (Å²) in [4.78, 5) is 0. The Kier molecular flexibility index (Phi) is 2.14. The Hall–Kier alpha value is -0.0800. The molecule has 1 aliphatic heterocycles. The Labute approximate surface area is 67.6 Å². The van der Waals surface area contributed by atoms with Crippen molar-refractivity contribution in [3.63, 3.8) is 0 Å². The van der Waals surface area contributed by atoms with Crippen LogP contribution in [0.25, 0.3) is 0 Å². The molecule has 0 aromatic carbocycles. The monoisotopic (exact) mass is 156 g/mol. The highest BCUT2D eigenvalue weighted by Gasteiger charge is 2.34. The lowest BCUT2D eigenvalue weighted by molar-refractivity contribution is -0.114. The summed E-state index contributed by atoms with van der Waals surface area (Å²) in [6.45, 7) is 0.859. The zero-order chi connectivity index (χ0) is 7.68. The molecule has 2 rings (SSSR count). The first kappa shape index (κ1) is 7.56. The van der Waals surface area contributed by atoms with Crippen LogP contribution < -0.4 is 0 Å². The molecule has 0 aromatic heterocycles. The van der Waals surface area contributed by atoms with E-state index in [-0.39, 0.29) is 12.2 Å². The van der Waals surface area contributed by atoms with Gasteiger partial charge in [0.05, 0.1) is 12.2 Å². The molecule has 0 bridgehead atoms. The molecule has 0 spiro atoms. The standard InChI is InChI=1S/C9H16O2/c10-8-5-1-3-7-4-2-6-11-9(7)8/h7-10H,1-6H2/t7-,8+,9+/m0/s1. The molecule has 3 atom stereocenters. The van der Waals surface area contributed by atoms with Crippen LogP contribution in [0.4, 0.5) is 0 Å². The molecule has 1 saturated carbocycles. The fourth-order valence-electron chi connectivity index (χ4n) is 2.35. The quantitative estimate of drug-likeness (QED) is 0.573. The summed E-state index contributed by atoms with van der Waals surface area (Å²) >= 11 is 0. The summed E-state index contributed by atoms with van der Waals surface area (Å²) < 4.78 is 5.54. The Balaban J connectivity index is 1.99. The fraction of sp³-hybridized carbons (Fsp3) is 1.00. The Morgan fingerprint density at radius 1 is 1.09 bits per heavy atom. The van der Waals surface area contributed by atoms with E-state index in [1.165, 1.54) is 25.7 Å². The molecule has 2 aliphatic rings. The van der Waals surface area contributed by atoms with E-state index in [9.17, 15) is 5.11 Å². The van der Waals surface area contributed by atoms with E-state index in [4.69, 9.17) is 4.74 Å². The number of aliphatic hydroxyl groups excluding tert-OH is 1. The molecular formula is C9H16O2. The predicted molar refractivity (Wildman–Crippen MR) is 42.3 cm³/mol. The lowest BCUT2D eigenvalue weighted by Gasteiger charge is -2.38. The summed E-state index contributed by atoms with van der Waals surface area (Å²) in [6, 6.07) is 0. The van der Waals surface area contributed by atoms with Gasteiger partial charge in [0, 0.05) is 6.61 Å². The Bertz CT molecular complexity index is 134. The van der Waals surface area contributed by atoms with Crippen LogP contribution in [-0.2, 0) is 4.74 Å². The van der Waals surface area contributed by atoms with Gasteiger partial charge in [-0.2, -0.15) is 0 Å². The van der Waals surface area contributed by atoms with Gasteiger partial charge in [-0.1, -0.05) is 6.42 Å². The zero-order valence-electron chi connectivity index (χ0n) is 6.83. The van der Waals surface area contributed by atoms with Gasteiger partial charge < -0.3 is 9.84 Å². The van der Waals surface area contributed by atoms with Gasteiger partial charge in [-0.25, -0.2) is 0 Å². The smallest absolute Gasteiger partial charge is 0.0861 e. The first-order chi connectivity index (χ1) is 5.38. The maximum Gasteiger partial charge on any atom is 0.0861 e. The van der Waals surface area contributed by atoms with Crippen molar-refractivity contribution in [1.29, 1.82) is 0 Å². The van der Waals surface area contributed by atoms with Gasteiger partial charge in [0.1, 0.15) is 0 Å². The van der Waals surface area contributed by atoms with Crippen LogP contribution in [0.3, 0.4) is 0 Å². The molecule has 0 amide bonds. The van der Waals surface area contributed by atoms with Crippen LogP contribution in [0, 0.1) is 5.92 Å². The van der Waals surface area contributed by atoms with Crippen LogP contribution in [0.5, 0.6) is 0 Å². The normalized spacial score (nSPS) is 45.0. The number of hydrogen-bond acceptors (Lipinski definition) is 2. The van der Waals surface area contributed by atoms with E-state index >= 15 is 0 Å². The van der Waals surface area contributed by atoms with E-state index in [1.54, 1.807) is 0 Å². The van der Waals surface area contributed by atoms with Crippen molar-refractivity contribution >= 4 is 0 Å². The molecule has 11 heavy (non-hydrogen) atoms. The molecule has 1 aliphatic carbocycles. The zero-order valence-corrected chi connectivity index (χ0v) is 6.83. The van der Waals surface area contributed by atoms with Crippen LogP contribution in [0.15, 0.2) is 0 Å². The van der Waals surface area contributed by atoms with Crippen molar-refractivity contribution in [3.05, 3.63) is 0 Å². The van der Waals surface area contributed by atoms with Gasteiger partial charge >= 0.3 is 0 Å². The van der Waals surface area contributed by atoms with Gasteiger partial charge in [0.15, 0.2) is 0 Å². The van der Waals surface area contributed by atoms with Crippen molar-refractivity contribution in [1.82, 2.24) is 0 Å². The van der Waals surface area contributed by atoms with Gasteiger partial charge in [-0.05, 0) is 31.6 Å². The van der Waals surface area contributed by atoms with Crippen molar-refractivity contribution in [2.45, 2.75) is 44.3 Å².